The summed E-state index contributed by atoms with van der Waals surface area (Å²) < 4.78 is 11.0. The van der Waals surface area contributed by atoms with Crippen molar-refractivity contribution < 1.29 is 29.3 Å². The summed E-state index contributed by atoms with van der Waals surface area (Å²) in [6.45, 7) is 6.84. The Bertz CT molecular complexity index is 1060. The minimum absolute atomic E-state index is 0.0503. The van der Waals surface area contributed by atoms with Crippen molar-refractivity contribution >= 4 is 17.4 Å². The molecule has 0 radical (unpaired) electrons. The van der Waals surface area contributed by atoms with Gasteiger partial charge in [-0.3, -0.25) is 14.5 Å². The van der Waals surface area contributed by atoms with Crippen LogP contribution in [0.3, 0.4) is 0 Å². The second kappa shape index (κ2) is 11.4. The Labute approximate surface area is 205 Å². The molecule has 2 aliphatic heterocycles. The number of carbonyl (C=O) groups is 2. The molecular weight excluding hydrogens is 448 g/mol. The maximum atomic E-state index is 13.1. The minimum atomic E-state index is -0.740. The van der Waals surface area contributed by atoms with E-state index in [1.165, 1.54) is 17.0 Å². The molecule has 35 heavy (non-hydrogen) atoms. The smallest absolute Gasteiger partial charge is 0.295 e. The monoisotopic (exact) mass is 480 g/mol. The summed E-state index contributed by atoms with van der Waals surface area (Å²) in [5.74, 6) is -0.811. The maximum absolute atomic E-state index is 13.1. The molecule has 1 atom stereocenters. The van der Waals surface area contributed by atoms with E-state index in [1.54, 1.807) is 36.4 Å². The number of likely N-dealkylation sites (tertiary alicyclic amines) is 1. The van der Waals surface area contributed by atoms with Gasteiger partial charge in [0.05, 0.1) is 31.4 Å². The van der Waals surface area contributed by atoms with E-state index in [2.05, 4.69) is 4.90 Å². The Morgan fingerprint density at radius 3 is 2.37 bits per heavy atom. The third-order valence-electron chi connectivity index (χ3n) is 6.33. The second-order valence-electron chi connectivity index (χ2n) is 8.76. The molecule has 2 N–H and O–H groups in total. The predicted octanol–water partition coefficient (Wildman–Crippen LogP) is 3.33. The first-order valence-electron chi connectivity index (χ1n) is 12.1. The molecule has 2 fully saturated rings. The van der Waals surface area contributed by atoms with Crippen LogP contribution in [0.25, 0.3) is 5.76 Å². The summed E-state index contributed by atoms with van der Waals surface area (Å²) in [5, 5.41) is 20.9. The quantitative estimate of drug-likeness (QED) is 0.323. The van der Waals surface area contributed by atoms with Gasteiger partial charge in [0.2, 0.25) is 0 Å². The Balaban J connectivity index is 1.63. The van der Waals surface area contributed by atoms with Gasteiger partial charge < -0.3 is 24.6 Å². The summed E-state index contributed by atoms with van der Waals surface area (Å²) in [7, 11) is 0. The standard InChI is InChI=1S/C27H32N2O6/c1-2-16-35-22-10-6-20(7-11-22)25(31)23-24(19-4-8-21(30)9-5-19)29(27(33)26(23)32)13-3-12-28-14-17-34-18-15-28/h4-11,24,30-31H,2-3,12-18H2,1H3/t24-/m0/s1. The van der Waals surface area contributed by atoms with Crippen molar-refractivity contribution in [1.82, 2.24) is 9.80 Å². The number of rotatable bonds is 9. The molecule has 2 aromatic carbocycles. The van der Waals surface area contributed by atoms with Gasteiger partial charge in [-0.05, 0) is 54.8 Å². The molecule has 186 valence electrons. The van der Waals surface area contributed by atoms with Gasteiger partial charge in [0.25, 0.3) is 11.7 Å². The number of phenols is 1. The van der Waals surface area contributed by atoms with Crippen LogP contribution < -0.4 is 4.74 Å². The highest BCUT2D eigenvalue weighted by Crippen LogP contribution is 2.40. The van der Waals surface area contributed by atoms with E-state index in [9.17, 15) is 19.8 Å². The molecule has 2 heterocycles. The van der Waals surface area contributed by atoms with E-state index in [0.29, 0.717) is 49.7 Å². The van der Waals surface area contributed by atoms with E-state index >= 15 is 0 Å². The molecule has 2 aliphatic rings. The molecule has 0 unspecified atom stereocenters. The topological polar surface area (TPSA) is 99.5 Å². The van der Waals surface area contributed by atoms with Crippen LogP contribution in [0.2, 0.25) is 0 Å². The lowest BCUT2D eigenvalue weighted by atomic mass is 9.95. The number of hydrogen-bond donors (Lipinski definition) is 2. The van der Waals surface area contributed by atoms with Crippen LogP contribution in [0, 0.1) is 0 Å². The van der Waals surface area contributed by atoms with E-state index in [0.717, 1.165) is 26.1 Å². The van der Waals surface area contributed by atoms with Crippen molar-refractivity contribution in [2.24, 2.45) is 0 Å². The highest BCUT2D eigenvalue weighted by Gasteiger charge is 2.45. The first-order chi connectivity index (χ1) is 17.0. The largest absolute Gasteiger partial charge is 0.508 e. The number of carbonyl (C=O) groups excluding carboxylic acids is 2. The zero-order valence-electron chi connectivity index (χ0n) is 20.0. The molecular formula is C27H32N2O6. The van der Waals surface area contributed by atoms with E-state index in [4.69, 9.17) is 9.47 Å². The number of aliphatic hydroxyl groups is 1. The Kier molecular flexibility index (Phi) is 8.05. The normalized spacial score (nSPS) is 20.4. The van der Waals surface area contributed by atoms with Gasteiger partial charge >= 0.3 is 0 Å². The molecule has 0 spiro atoms. The SMILES string of the molecule is CCCOc1ccc(C(O)=C2C(=O)C(=O)N(CCCN3CCOCC3)[C@H]2c2ccc(O)cc2)cc1. The Morgan fingerprint density at radius 2 is 1.71 bits per heavy atom. The highest BCUT2D eigenvalue weighted by atomic mass is 16.5. The lowest BCUT2D eigenvalue weighted by Gasteiger charge is -2.29. The average Bonchev–Trinajstić information content (AvgIpc) is 3.13. The average molecular weight is 481 g/mol. The lowest BCUT2D eigenvalue weighted by molar-refractivity contribution is -0.140. The third-order valence-corrected chi connectivity index (χ3v) is 6.33. The van der Waals surface area contributed by atoms with Crippen molar-refractivity contribution in [3.05, 3.63) is 65.2 Å². The fourth-order valence-electron chi connectivity index (χ4n) is 4.49. The van der Waals surface area contributed by atoms with Gasteiger partial charge in [-0.15, -0.1) is 0 Å². The van der Waals surface area contributed by atoms with E-state index < -0.39 is 17.7 Å². The van der Waals surface area contributed by atoms with Gasteiger partial charge in [0, 0.05) is 31.7 Å². The summed E-state index contributed by atoms with van der Waals surface area (Å²) >= 11 is 0. The zero-order valence-corrected chi connectivity index (χ0v) is 20.0. The number of morpholine rings is 1. The fraction of sp³-hybridized carbons (Fsp3) is 0.407. The Hall–Kier alpha value is -3.36. The molecule has 1 amide bonds. The molecule has 0 aromatic heterocycles. The number of ketones is 1. The number of benzene rings is 2. The van der Waals surface area contributed by atoms with E-state index in [1.807, 2.05) is 6.92 Å². The van der Waals surface area contributed by atoms with Crippen LogP contribution in [-0.4, -0.2) is 77.7 Å². The van der Waals surface area contributed by atoms with E-state index in [-0.39, 0.29) is 17.1 Å². The van der Waals surface area contributed by atoms with Crippen molar-refractivity contribution in [3.63, 3.8) is 0 Å². The van der Waals surface area contributed by atoms with Crippen LogP contribution >= 0.6 is 0 Å². The van der Waals surface area contributed by atoms with Crippen LogP contribution in [-0.2, 0) is 14.3 Å². The molecule has 2 aromatic rings. The predicted molar refractivity (Wildman–Crippen MR) is 131 cm³/mol. The van der Waals surface area contributed by atoms with Gasteiger partial charge in [-0.25, -0.2) is 0 Å². The highest BCUT2D eigenvalue weighted by molar-refractivity contribution is 6.46. The summed E-state index contributed by atoms with van der Waals surface area (Å²) in [6.07, 6.45) is 1.56. The van der Waals surface area contributed by atoms with Gasteiger partial charge in [0.15, 0.2) is 0 Å². The summed E-state index contributed by atoms with van der Waals surface area (Å²) in [5.41, 5.74) is 1.14. The molecule has 0 aliphatic carbocycles. The van der Waals surface area contributed by atoms with Gasteiger partial charge in [-0.1, -0.05) is 19.1 Å². The van der Waals surface area contributed by atoms with Gasteiger partial charge in [0.1, 0.15) is 17.3 Å². The number of ether oxygens (including phenoxy) is 2. The van der Waals surface area contributed by atoms with Crippen LogP contribution in [0.4, 0.5) is 0 Å². The first-order valence-corrected chi connectivity index (χ1v) is 12.1. The number of nitrogens with zero attached hydrogens (tertiary/aromatic N) is 2. The van der Waals surface area contributed by atoms with Gasteiger partial charge in [-0.2, -0.15) is 0 Å². The van der Waals surface area contributed by atoms with Crippen molar-refractivity contribution in [1.29, 1.82) is 0 Å². The van der Waals surface area contributed by atoms with Crippen molar-refractivity contribution in [3.8, 4) is 11.5 Å². The third kappa shape index (κ3) is 5.66. The number of hydrogen-bond acceptors (Lipinski definition) is 7. The lowest BCUT2D eigenvalue weighted by Crippen LogP contribution is -2.38. The number of phenolic OH excluding ortho intramolecular Hbond substituents is 1. The second-order valence-corrected chi connectivity index (χ2v) is 8.76. The fourth-order valence-corrected chi connectivity index (χ4v) is 4.49. The first kappa shape index (κ1) is 24.8. The van der Waals surface area contributed by atoms with Crippen LogP contribution in [0.1, 0.15) is 36.9 Å². The molecule has 2 saturated heterocycles. The Morgan fingerprint density at radius 1 is 1.03 bits per heavy atom. The summed E-state index contributed by atoms with van der Waals surface area (Å²) in [6, 6.07) is 12.5. The van der Waals surface area contributed by atoms with Crippen LogP contribution in [0.15, 0.2) is 54.1 Å². The molecule has 8 nitrogen and oxygen atoms in total. The zero-order chi connectivity index (χ0) is 24.8. The van der Waals surface area contributed by atoms with Crippen molar-refractivity contribution in [2.45, 2.75) is 25.8 Å². The molecule has 4 rings (SSSR count). The molecule has 8 heteroatoms. The molecule has 0 saturated carbocycles. The number of Topliss-reactive ketones (excluding diaryl/α,β-unsaturated/α-hetero) is 1. The van der Waals surface area contributed by atoms with Crippen molar-refractivity contribution in [2.75, 3.05) is 46.0 Å². The summed E-state index contributed by atoms with van der Waals surface area (Å²) in [4.78, 5) is 30.0. The number of aliphatic hydroxyl groups excluding tert-OH is 1. The van der Waals surface area contributed by atoms with Crippen LogP contribution in [0.5, 0.6) is 11.5 Å². The number of aromatic hydroxyl groups is 1. The number of amides is 1. The minimum Gasteiger partial charge on any atom is -0.508 e. The maximum Gasteiger partial charge on any atom is 0.295 e. The molecule has 0 bridgehead atoms.